The molecule has 1 N–H and O–H groups in total. The summed E-state index contributed by atoms with van der Waals surface area (Å²) in [5.74, 6) is -0.774. The molecule has 3 aromatic rings. The van der Waals surface area contributed by atoms with E-state index >= 15 is 13.2 Å². The first-order valence-corrected chi connectivity index (χ1v) is 13.5. The second-order valence-corrected chi connectivity index (χ2v) is 13.2. The highest BCUT2D eigenvalue weighted by atomic mass is 35.5. The molecule has 174 valence electrons. The number of nitrogens with one attached hydrogen (secondary N) is 1. The molecule has 3 rings (SSSR count). The molecule has 0 saturated heterocycles. The van der Waals surface area contributed by atoms with Gasteiger partial charge in [0.2, 0.25) is 5.29 Å². The number of carbonyl (C=O) groups excluding carboxylic acids is 2. The number of para-hydroxylation sites is 1. The van der Waals surface area contributed by atoms with E-state index in [9.17, 15) is 9.59 Å². The smallest absolute Gasteiger partial charge is 0.309 e. The molecule has 0 saturated carbocycles. The van der Waals surface area contributed by atoms with Crippen molar-refractivity contribution in [3.63, 3.8) is 0 Å². The van der Waals surface area contributed by atoms with Crippen molar-refractivity contribution in [2.24, 2.45) is 0 Å². The Balaban J connectivity index is 1.87. The van der Waals surface area contributed by atoms with Gasteiger partial charge < -0.3 is 4.79 Å². The average molecular weight is 495 g/mol. The molecule has 33 heavy (non-hydrogen) atoms. The molecule has 0 aliphatic carbocycles. The topological polar surface area (TPSA) is 68.3 Å². The van der Waals surface area contributed by atoms with Crippen LogP contribution in [0.15, 0.2) is 54.6 Å². The standard InChI is InChI=1S/C23H22ClF3N2O3Si/c1-15-19(12-17-6-4-5-7-20(17)28-15)21(31)29-32-23(26,27)22(25,33(2,3)14-30)13-16-8-10-18(24)11-9-16/h4-12,14H,13H2,1-3H3,(H,29,31). The van der Waals surface area contributed by atoms with E-state index in [1.165, 1.54) is 43.4 Å². The van der Waals surface area contributed by atoms with Crippen molar-refractivity contribution >= 4 is 42.4 Å². The first-order valence-electron chi connectivity index (χ1n) is 10.0. The van der Waals surface area contributed by atoms with Gasteiger partial charge in [-0.15, -0.1) is 0 Å². The van der Waals surface area contributed by atoms with Crippen LogP contribution in [0, 0.1) is 6.92 Å². The lowest BCUT2D eigenvalue weighted by atomic mass is 10.1. The van der Waals surface area contributed by atoms with Gasteiger partial charge in [-0.25, -0.2) is 9.87 Å². The van der Waals surface area contributed by atoms with E-state index in [4.69, 9.17) is 11.6 Å². The van der Waals surface area contributed by atoms with E-state index in [0.29, 0.717) is 15.9 Å². The van der Waals surface area contributed by atoms with E-state index < -0.39 is 31.8 Å². The van der Waals surface area contributed by atoms with Crippen molar-refractivity contribution in [2.45, 2.75) is 37.8 Å². The maximum Gasteiger partial charge on any atom is 0.406 e. The van der Waals surface area contributed by atoms with Crippen LogP contribution in [-0.4, -0.2) is 36.3 Å². The van der Waals surface area contributed by atoms with Crippen LogP contribution < -0.4 is 5.48 Å². The number of alkyl halides is 3. The quantitative estimate of drug-likeness (QED) is 0.258. The Morgan fingerprint density at radius 2 is 1.79 bits per heavy atom. The highest BCUT2D eigenvalue weighted by molar-refractivity contribution is 7.01. The van der Waals surface area contributed by atoms with Crippen LogP contribution in [0.5, 0.6) is 0 Å². The molecular formula is C23H22ClF3N2O3Si. The molecule has 0 bridgehead atoms. The van der Waals surface area contributed by atoms with Crippen LogP contribution in [-0.2, 0) is 16.1 Å². The molecule has 0 radical (unpaired) electrons. The number of rotatable bonds is 8. The number of halogens is 4. The summed E-state index contributed by atoms with van der Waals surface area (Å²) in [6.07, 6.45) is -5.31. The fraction of sp³-hybridized carbons (Fsp3) is 0.261. The second-order valence-electron chi connectivity index (χ2n) is 8.31. The van der Waals surface area contributed by atoms with Crippen molar-refractivity contribution < 1.29 is 27.6 Å². The van der Waals surface area contributed by atoms with Crippen LogP contribution in [0.25, 0.3) is 10.9 Å². The summed E-state index contributed by atoms with van der Waals surface area (Å²) in [6, 6.07) is 14.1. The number of benzene rings is 2. The first kappa shape index (κ1) is 24.9. The Hall–Kier alpha value is -2.75. The molecule has 1 aromatic heterocycles. The van der Waals surface area contributed by atoms with Crippen LogP contribution in [0.3, 0.4) is 0 Å². The van der Waals surface area contributed by atoms with E-state index in [2.05, 4.69) is 9.82 Å². The molecule has 0 spiro atoms. The normalized spacial score (nSPS) is 14.0. The minimum Gasteiger partial charge on any atom is -0.309 e. The van der Waals surface area contributed by atoms with Gasteiger partial charge in [0, 0.05) is 16.8 Å². The Bertz CT molecular complexity index is 1190. The van der Waals surface area contributed by atoms with Crippen molar-refractivity contribution in [2.75, 3.05) is 0 Å². The number of amides is 1. The minimum absolute atomic E-state index is 0.00134. The summed E-state index contributed by atoms with van der Waals surface area (Å²) in [5.41, 5.74) is 2.77. The summed E-state index contributed by atoms with van der Waals surface area (Å²) in [4.78, 5) is 32.9. The van der Waals surface area contributed by atoms with Gasteiger partial charge in [-0.2, -0.15) is 13.6 Å². The number of hydrogen-bond acceptors (Lipinski definition) is 4. The van der Waals surface area contributed by atoms with Gasteiger partial charge in [0.25, 0.3) is 5.91 Å². The molecule has 2 aromatic carbocycles. The molecule has 0 aliphatic rings. The molecule has 10 heteroatoms. The number of nitrogens with zero attached hydrogens (tertiary/aromatic N) is 1. The zero-order valence-corrected chi connectivity index (χ0v) is 19.9. The Kier molecular flexibility index (Phi) is 6.97. The lowest BCUT2D eigenvalue weighted by molar-refractivity contribution is -0.308. The third-order valence-electron chi connectivity index (χ3n) is 5.57. The molecule has 1 heterocycles. The van der Waals surface area contributed by atoms with E-state index in [0.717, 1.165) is 0 Å². The third-order valence-corrected chi connectivity index (χ3v) is 8.92. The average Bonchev–Trinajstić information content (AvgIpc) is 2.78. The molecule has 0 aliphatic heterocycles. The van der Waals surface area contributed by atoms with E-state index in [1.807, 2.05) is 0 Å². The number of hydroxylamine groups is 1. The number of aromatic nitrogens is 1. The molecule has 1 atom stereocenters. The van der Waals surface area contributed by atoms with Crippen LogP contribution >= 0.6 is 11.6 Å². The van der Waals surface area contributed by atoms with Gasteiger partial charge in [0.05, 0.1) is 16.8 Å². The largest absolute Gasteiger partial charge is 0.406 e. The third kappa shape index (κ3) is 4.95. The van der Waals surface area contributed by atoms with Crippen LogP contribution in [0.2, 0.25) is 18.1 Å². The Labute approximate surface area is 194 Å². The van der Waals surface area contributed by atoms with Crippen LogP contribution in [0.4, 0.5) is 13.2 Å². The maximum atomic E-state index is 16.0. The maximum absolute atomic E-state index is 16.0. The fourth-order valence-electron chi connectivity index (χ4n) is 3.37. The van der Waals surface area contributed by atoms with Crippen LogP contribution in [0.1, 0.15) is 21.6 Å². The lowest BCUT2D eigenvalue weighted by Gasteiger charge is -2.39. The molecule has 1 amide bonds. The van der Waals surface area contributed by atoms with E-state index in [-0.39, 0.29) is 22.7 Å². The van der Waals surface area contributed by atoms with Gasteiger partial charge in [-0.3, -0.25) is 9.78 Å². The number of hydrogen-bond donors (Lipinski definition) is 1. The zero-order valence-electron chi connectivity index (χ0n) is 18.2. The Morgan fingerprint density at radius 3 is 2.42 bits per heavy atom. The SMILES string of the molecule is Cc1nc2ccccc2cc1C(=O)NOC(F)(F)C(F)(Cc1ccc(Cl)cc1)[Si](C)(C)C=O. The summed E-state index contributed by atoms with van der Waals surface area (Å²) in [5, 5.41) is -2.39. The summed E-state index contributed by atoms with van der Waals surface area (Å²) in [7, 11) is -3.88. The number of pyridine rings is 1. The van der Waals surface area contributed by atoms with Gasteiger partial charge in [-0.05, 0) is 36.8 Å². The Morgan fingerprint density at radius 1 is 1.15 bits per heavy atom. The molecule has 5 nitrogen and oxygen atoms in total. The van der Waals surface area contributed by atoms with Gasteiger partial charge in [0.1, 0.15) is 5.91 Å². The molecule has 1 unspecified atom stereocenters. The minimum atomic E-state index is -4.50. The summed E-state index contributed by atoms with van der Waals surface area (Å²) >= 11 is 5.82. The van der Waals surface area contributed by atoms with Gasteiger partial charge in [-0.1, -0.05) is 55.0 Å². The first-order chi connectivity index (χ1) is 15.4. The number of carbonyl (C=O) groups is 2. The highest BCUT2D eigenvalue weighted by Crippen LogP contribution is 2.42. The fourth-order valence-corrected chi connectivity index (χ4v) is 5.14. The van der Waals surface area contributed by atoms with Crippen molar-refractivity contribution in [1.82, 2.24) is 10.5 Å². The zero-order chi connectivity index (χ0) is 24.4. The highest BCUT2D eigenvalue weighted by Gasteiger charge is 2.66. The van der Waals surface area contributed by atoms with Crippen molar-refractivity contribution in [1.29, 1.82) is 0 Å². The van der Waals surface area contributed by atoms with Crippen molar-refractivity contribution in [3.05, 3.63) is 76.4 Å². The van der Waals surface area contributed by atoms with Gasteiger partial charge >= 0.3 is 6.11 Å². The second kappa shape index (κ2) is 9.24. The number of fused-ring (bicyclic) bond motifs is 1. The summed E-state index contributed by atoms with van der Waals surface area (Å²) in [6.45, 7) is 3.89. The summed E-state index contributed by atoms with van der Waals surface area (Å²) < 4.78 is 46.4. The van der Waals surface area contributed by atoms with Crippen molar-refractivity contribution in [3.8, 4) is 0 Å². The molecular weight excluding hydrogens is 473 g/mol. The number of aryl methyl sites for hydroxylation is 1. The predicted molar refractivity (Wildman–Crippen MR) is 123 cm³/mol. The molecule has 0 fully saturated rings. The van der Waals surface area contributed by atoms with Gasteiger partial charge in [0.15, 0.2) is 8.07 Å². The lowest BCUT2D eigenvalue weighted by Crippen LogP contribution is -2.66. The monoisotopic (exact) mass is 494 g/mol. The predicted octanol–water partition coefficient (Wildman–Crippen LogP) is 5.42. The van der Waals surface area contributed by atoms with E-state index in [1.54, 1.807) is 36.7 Å².